The number of unbranched alkanes of at least 4 members (excludes halogenated alkanes) is 1. The molecule has 1 heterocycles. The maximum atomic E-state index is 11.4. The van der Waals surface area contributed by atoms with Gasteiger partial charge in [-0.3, -0.25) is 9.89 Å². The van der Waals surface area contributed by atoms with E-state index in [4.69, 9.17) is 4.74 Å². The number of aryl methyl sites for hydroxylation is 1. The van der Waals surface area contributed by atoms with E-state index in [1.165, 1.54) is 0 Å². The summed E-state index contributed by atoms with van der Waals surface area (Å²) in [6, 6.07) is 0. The van der Waals surface area contributed by atoms with Gasteiger partial charge < -0.3 is 10.1 Å². The third kappa shape index (κ3) is 4.39. The number of aromatic nitrogens is 3. The van der Waals surface area contributed by atoms with Gasteiger partial charge in [-0.05, 0) is 13.3 Å². The largest absolute Gasteiger partial charge is 0.380 e. The van der Waals surface area contributed by atoms with Gasteiger partial charge >= 0.3 is 0 Å². The van der Waals surface area contributed by atoms with Crippen molar-refractivity contribution < 1.29 is 9.53 Å². The quantitative estimate of drug-likeness (QED) is 0.669. The van der Waals surface area contributed by atoms with Crippen LogP contribution in [0.25, 0.3) is 0 Å². The van der Waals surface area contributed by atoms with E-state index < -0.39 is 0 Å². The van der Waals surface area contributed by atoms with Gasteiger partial charge in [0.2, 0.25) is 5.82 Å². The lowest BCUT2D eigenvalue weighted by atomic mass is 10.4. The normalized spacial score (nSPS) is 10.4. The van der Waals surface area contributed by atoms with Crippen LogP contribution >= 0.6 is 0 Å². The Labute approximate surface area is 94.8 Å². The van der Waals surface area contributed by atoms with Crippen molar-refractivity contribution in [3.63, 3.8) is 0 Å². The van der Waals surface area contributed by atoms with Crippen molar-refractivity contribution in [2.24, 2.45) is 0 Å². The first-order valence-corrected chi connectivity index (χ1v) is 5.49. The van der Waals surface area contributed by atoms with Gasteiger partial charge in [0, 0.05) is 13.2 Å². The molecule has 6 nitrogen and oxygen atoms in total. The van der Waals surface area contributed by atoms with Crippen LogP contribution in [0.15, 0.2) is 0 Å². The molecule has 2 N–H and O–H groups in total. The van der Waals surface area contributed by atoms with E-state index in [-0.39, 0.29) is 11.7 Å². The molecule has 16 heavy (non-hydrogen) atoms. The number of H-pyrrole nitrogens is 1. The minimum atomic E-state index is -0.275. The Balaban J connectivity index is 2.11. The number of aromatic amines is 1. The zero-order valence-corrected chi connectivity index (χ0v) is 9.75. The van der Waals surface area contributed by atoms with Gasteiger partial charge in [0.15, 0.2) is 0 Å². The standard InChI is InChI=1S/C10H18N4O2/c1-3-4-6-16-7-5-11-10(15)9-12-8(2)13-14-9/h3-7H2,1-2H3,(H,11,15)(H,12,13,14). The maximum absolute atomic E-state index is 11.4. The molecule has 0 fully saturated rings. The molecule has 0 saturated carbocycles. The molecule has 0 aliphatic rings. The van der Waals surface area contributed by atoms with Crippen molar-refractivity contribution >= 4 is 5.91 Å². The van der Waals surface area contributed by atoms with Gasteiger partial charge in [0.1, 0.15) is 5.82 Å². The summed E-state index contributed by atoms with van der Waals surface area (Å²) in [7, 11) is 0. The first-order chi connectivity index (χ1) is 7.74. The van der Waals surface area contributed by atoms with Crippen molar-refractivity contribution in [3.8, 4) is 0 Å². The zero-order valence-electron chi connectivity index (χ0n) is 9.75. The summed E-state index contributed by atoms with van der Waals surface area (Å²) in [6.45, 7) is 5.60. The van der Waals surface area contributed by atoms with Crippen molar-refractivity contribution in [1.82, 2.24) is 20.5 Å². The van der Waals surface area contributed by atoms with Crippen molar-refractivity contribution in [3.05, 3.63) is 11.6 Å². The molecule has 0 unspecified atom stereocenters. The number of ether oxygens (including phenoxy) is 1. The topological polar surface area (TPSA) is 79.9 Å². The van der Waals surface area contributed by atoms with Gasteiger partial charge in [-0.2, -0.15) is 0 Å². The Hall–Kier alpha value is -1.43. The predicted octanol–water partition coefficient (Wildman–Crippen LogP) is 0.660. The second-order valence-corrected chi connectivity index (χ2v) is 3.47. The molecule has 0 atom stereocenters. The van der Waals surface area contributed by atoms with Gasteiger partial charge in [-0.1, -0.05) is 13.3 Å². The fourth-order valence-electron chi connectivity index (χ4n) is 1.11. The van der Waals surface area contributed by atoms with Crippen LogP contribution in [-0.2, 0) is 4.74 Å². The molecular formula is C10H18N4O2. The van der Waals surface area contributed by atoms with Crippen molar-refractivity contribution in [2.45, 2.75) is 26.7 Å². The molecule has 0 radical (unpaired) electrons. The minimum Gasteiger partial charge on any atom is -0.380 e. The van der Waals surface area contributed by atoms with E-state index in [1.807, 2.05) is 0 Å². The number of rotatable bonds is 7. The number of hydrogen-bond donors (Lipinski definition) is 2. The highest BCUT2D eigenvalue weighted by molar-refractivity contribution is 5.90. The van der Waals surface area contributed by atoms with Crippen LogP contribution in [0.4, 0.5) is 0 Å². The monoisotopic (exact) mass is 226 g/mol. The molecule has 1 aromatic heterocycles. The van der Waals surface area contributed by atoms with E-state index in [2.05, 4.69) is 27.4 Å². The molecule has 90 valence electrons. The first-order valence-electron chi connectivity index (χ1n) is 5.49. The van der Waals surface area contributed by atoms with E-state index in [1.54, 1.807) is 6.92 Å². The summed E-state index contributed by atoms with van der Waals surface area (Å²) in [4.78, 5) is 15.4. The predicted molar refractivity (Wildman–Crippen MR) is 59.2 cm³/mol. The average molecular weight is 226 g/mol. The molecule has 1 amide bonds. The van der Waals surface area contributed by atoms with Crippen LogP contribution in [0.1, 0.15) is 36.2 Å². The second kappa shape index (κ2) is 6.95. The SMILES string of the molecule is CCCCOCCNC(=O)c1n[nH]c(C)n1. The number of hydrogen-bond acceptors (Lipinski definition) is 4. The summed E-state index contributed by atoms with van der Waals surface area (Å²) in [5, 5.41) is 9.05. The molecule has 0 saturated heterocycles. The van der Waals surface area contributed by atoms with Gasteiger partial charge in [-0.25, -0.2) is 4.98 Å². The Morgan fingerprint density at radius 1 is 1.50 bits per heavy atom. The lowest BCUT2D eigenvalue weighted by Gasteiger charge is -2.03. The first kappa shape index (κ1) is 12.6. The minimum absolute atomic E-state index is 0.172. The molecule has 6 heteroatoms. The van der Waals surface area contributed by atoms with E-state index in [0.29, 0.717) is 19.0 Å². The molecule has 0 aliphatic heterocycles. The van der Waals surface area contributed by atoms with Crippen LogP contribution in [0.2, 0.25) is 0 Å². The molecule has 1 aromatic rings. The Kier molecular flexibility index (Phi) is 5.49. The Bertz CT molecular complexity index is 324. The van der Waals surface area contributed by atoms with Gasteiger partial charge in [0.25, 0.3) is 5.91 Å². The highest BCUT2D eigenvalue weighted by Crippen LogP contribution is 1.90. The number of carbonyl (C=O) groups is 1. The number of nitrogens with one attached hydrogen (secondary N) is 2. The summed E-state index contributed by atoms with van der Waals surface area (Å²) in [6.07, 6.45) is 2.16. The van der Waals surface area contributed by atoms with Gasteiger partial charge in [0.05, 0.1) is 6.61 Å². The van der Waals surface area contributed by atoms with Crippen LogP contribution in [-0.4, -0.2) is 40.8 Å². The van der Waals surface area contributed by atoms with Crippen LogP contribution < -0.4 is 5.32 Å². The Morgan fingerprint density at radius 2 is 2.31 bits per heavy atom. The molecule has 0 aliphatic carbocycles. The fraction of sp³-hybridized carbons (Fsp3) is 0.700. The second-order valence-electron chi connectivity index (χ2n) is 3.47. The molecule has 0 spiro atoms. The summed E-state index contributed by atoms with van der Waals surface area (Å²) < 4.78 is 5.30. The van der Waals surface area contributed by atoms with Crippen molar-refractivity contribution in [1.29, 1.82) is 0 Å². The smallest absolute Gasteiger partial charge is 0.291 e. The van der Waals surface area contributed by atoms with E-state index in [9.17, 15) is 4.79 Å². The summed E-state index contributed by atoms with van der Waals surface area (Å²) in [5.41, 5.74) is 0. The Morgan fingerprint density at radius 3 is 2.94 bits per heavy atom. The third-order valence-corrected chi connectivity index (χ3v) is 1.97. The van der Waals surface area contributed by atoms with Crippen LogP contribution in [0.3, 0.4) is 0 Å². The third-order valence-electron chi connectivity index (χ3n) is 1.97. The van der Waals surface area contributed by atoms with Gasteiger partial charge in [-0.15, -0.1) is 5.10 Å². The lowest BCUT2D eigenvalue weighted by molar-refractivity contribution is 0.0903. The van der Waals surface area contributed by atoms with Crippen LogP contribution in [0.5, 0.6) is 0 Å². The molecule has 0 bridgehead atoms. The maximum Gasteiger partial charge on any atom is 0.291 e. The van der Waals surface area contributed by atoms with Crippen molar-refractivity contribution in [2.75, 3.05) is 19.8 Å². The highest BCUT2D eigenvalue weighted by atomic mass is 16.5. The number of nitrogens with zero attached hydrogens (tertiary/aromatic N) is 2. The average Bonchev–Trinajstić information content (AvgIpc) is 2.70. The van der Waals surface area contributed by atoms with E-state index >= 15 is 0 Å². The van der Waals surface area contributed by atoms with E-state index in [0.717, 1.165) is 19.4 Å². The highest BCUT2D eigenvalue weighted by Gasteiger charge is 2.09. The number of amides is 1. The summed E-state index contributed by atoms with van der Waals surface area (Å²) in [5.74, 6) is 0.527. The zero-order chi connectivity index (χ0) is 11.8. The lowest BCUT2D eigenvalue weighted by Crippen LogP contribution is -2.28. The van der Waals surface area contributed by atoms with Crippen LogP contribution in [0, 0.1) is 6.92 Å². The summed E-state index contributed by atoms with van der Waals surface area (Å²) >= 11 is 0. The molecule has 0 aromatic carbocycles. The number of carbonyl (C=O) groups excluding carboxylic acids is 1. The molecule has 1 rings (SSSR count). The molecular weight excluding hydrogens is 208 g/mol. The fourth-order valence-corrected chi connectivity index (χ4v) is 1.11.